The first-order valence-corrected chi connectivity index (χ1v) is 7.81. The number of aromatic nitrogens is 1. The molecular weight excluding hydrogens is 321 g/mol. The zero-order chi connectivity index (χ0) is 15.5. The predicted molar refractivity (Wildman–Crippen MR) is 74.7 cm³/mol. The summed E-state index contributed by atoms with van der Waals surface area (Å²) in [6, 6.07) is 3.73. The van der Waals surface area contributed by atoms with Crippen LogP contribution in [-0.4, -0.2) is 20.6 Å². The number of benzene rings is 1. The molecule has 21 heavy (non-hydrogen) atoms. The highest BCUT2D eigenvalue weighted by atomic mass is 35.5. The smallest absolute Gasteiger partial charge is 0.241 e. The van der Waals surface area contributed by atoms with Crippen LogP contribution in [0.5, 0.6) is 0 Å². The lowest BCUT2D eigenvalue weighted by atomic mass is 10.2. The van der Waals surface area contributed by atoms with Gasteiger partial charge in [0.2, 0.25) is 10.0 Å². The maximum absolute atomic E-state index is 13.7. The summed E-state index contributed by atoms with van der Waals surface area (Å²) >= 11 is 5.80. The molecule has 114 valence electrons. The first kappa shape index (κ1) is 15.9. The van der Waals surface area contributed by atoms with Crippen LogP contribution in [0.15, 0.2) is 33.9 Å². The highest BCUT2D eigenvalue weighted by Gasteiger charge is 2.19. The molecule has 0 fully saturated rings. The van der Waals surface area contributed by atoms with Crippen LogP contribution in [-0.2, 0) is 23.1 Å². The van der Waals surface area contributed by atoms with E-state index < -0.39 is 15.8 Å². The number of sulfonamides is 1. The van der Waals surface area contributed by atoms with Crippen molar-refractivity contribution in [1.29, 1.82) is 0 Å². The van der Waals surface area contributed by atoms with Crippen LogP contribution in [0.4, 0.5) is 4.39 Å². The molecule has 0 bridgehead atoms. The van der Waals surface area contributed by atoms with E-state index in [1.807, 2.05) is 0 Å². The molecule has 2 aromatic rings. The standard InChI is InChI=1S/C12H13ClFN3O3S/c1-15-6-8-4-10(5-11(14)12(8)13)21(18,19)16-7-9-2-3-20-17-9/h2-5,15-16H,6-7H2,1H3. The van der Waals surface area contributed by atoms with Crippen molar-refractivity contribution in [2.75, 3.05) is 7.05 Å². The lowest BCUT2D eigenvalue weighted by Gasteiger charge is -2.10. The van der Waals surface area contributed by atoms with E-state index in [9.17, 15) is 12.8 Å². The summed E-state index contributed by atoms with van der Waals surface area (Å²) in [5.74, 6) is -0.786. The molecule has 0 saturated carbocycles. The predicted octanol–water partition coefficient (Wildman–Crippen LogP) is 1.66. The second-order valence-electron chi connectivity index (χ2n) is 4.22. The SMILES string of the molecule is CNCc1cc(S(=O)(=O)NCc2ccon2)cc(F)c1Cl. The van der Waals surface area contributed by atoms with Crippen LogP contribution in [0.2, 0.25) is 5.02 Å². The molecule has 0 aliphatic heterocycles. The lowest BCUT2D eigenvalue weighted by Crippen LogP contribution is -2.24. The third-order valence-electron chi connectivity index (χ3n) is 2.69. The Morgan fingerprint density at radius 3 is 2.76 bits per heavy atom. The van der Waals surface area contributed by atoms with Gasteiger partial charge < -0.3 is 9.84 Å². The van der Waals surface area contributed by atoms with Crippen molar-refractivity contribution in [3.63, 3.8) is 0 Å². The van der Waals surface area contributed by atoms with Gasteiger partial charge in [-0.05, 0) is 24.7 Å². The summed E-state index contributed by atoms with van der Waals surface area (Å²) in [5.41, 5.74) is 0.782. The average Bonchev–Trinajstić information content (AvgIpc) is 2.95. The molecule has 1 aromatic carbocycles. The van der Waals surface area contributed by atoms with Gasteiger partial charge in [-0.3, -0.25) is 0 Å². The van der Waals surface area contributed by atoms with Crippen molar-refractivity contribution in [1.82, 2.24) is 15.2 Å². The van der Waals surface area contributed by atoms with Gasteiger partial charge in [0.05, 0.1) is 22.2 Å². The van der Waals surface area contributed by atoms with Crippen molar-refractivity contribution in [3.8, 4) is 0 Å². The third kappa shape index (κ3) is 3.79. The fraction of sp³-hybridized carbons (Fsp3) is 0.250. The van der Waals surface area contributed by atoms with Gasteiger partial charge in [0, 0.05) is 12.6 Å². The third-order valence-corrected chi connectivity index (χ3v) is 4.49. The summed E-state index contributed by atoms with van der Waals surface area (Å²) in [5, 5.41) is 6.28. The topological polar surface area (TPSA) is 84.2 Å². The number of hydrogen-bond acceptors (Lipinski definition) is 5. The van der Waals surface area contributed by atoms with Crippen molar-refractivity contribution >= 4 is 21.6 Å². The van der Waals surface area contributed by atoms with Crippen molar-refractivity contribution in [2.24, 2.45) is 0 Å². The van der Waals surface area contributed by atoms with E-state index in [1.54, 1.807) is 7.05 Å². The van der Waals surface area contributed by atoms with Gasteiger partial charge >= 0.3 is 0 Å². The fourth-order valence-electron chi connectivity index (χ4n) is 1.67. The second-order valence-corrected chi connectivity index (χ2v) is 6.37. The Labute approximate surface area is 126 Å². The van der Waals surface area contributed by atoms with E-state index in [2.05, 4.69) is 19.7 Å². The number of rotatable bonds is 6. The molecule has 0 aliphatic carbocycles. The van der Waals surface area contributed by atoms with Crippen molar-refractivity contribution in [3.05, 3.63) is 46.6 Å². The summed E-state index contributed by atoms with van der Waals surface area (Å²) < 4.78 is 44.9. The minimum Gasteiger partial charge on any atom is -0.364 e. The number of halogens is 2. The van der Waals surface area contributed by atoms with E-state index in [1.165, 1.54) is 18.4 Å². The van der Waals surface area contributed by atoms with Crippen LogP contribution in [0.3, 0.4) is 0 Å². The molecule has 0 saturated heterocycles. The highest BCUT2D eigenvalue weighted by molar-refractivity contribution is 7.89. The fourth-order valence-corrected chi connectivity index (χ4v) is 2.91. The van der Waals surface area contributed by atoms with Gasteiger partial charge in [0.1, 0.15) is 12.1 Å². The zero-order valence-electron chi connectivity index (χ0n) is 11.1. The molecule has 0 radical (unpaired) electrons. The molecule has 0 aliphatic rings. The molecule has 1 heterocycles. The van der Waals surface area contributed by atoms with Crippen molar-refractivity contribution < 1.29 is 17.3 Å². The maximum atomic E-state index is 13.7. The molecule has 0 unspecified atom stereocenters. The van der Waals surface area contributed by atoms with Crippen LogP contribution < -0.4 is 10.0 Å². The van der Waals surface area contributed by atoms with E-state index >= 15 is 0 Å². The van der Waals surface area contributed by atoms with Gasteiger partial charge in [-0.1, -0.05) is 16.8 Å². The Morgan fingerprint density at radius 2 is 2.14 bits per heavy atom. The highest BCUT2D eigenvalue weighted by Crippen LogP contribution is 2.24. The van der Waals surface area contributed by atoms with Gasteiger partial charge in [0.15, 0.2) is 0 Å². The Bertz CT molecular complexity index is 720. The molecule has 9 heteroatoms. The van der Waals surface area contributed by atoms with Gasteiger partial charge in [-0.15, -0.1) is 0 Å². The molecule has 2 N–H and O–H groups in total. The Balaban J connectivity index is 2.27. The largest absolute Gasteiger partial charge is 0.364 e. The molecule has 6 nitrogen and oxygen atoms in total. The summed E-state index contributed by atoms with van der Waals surface area (Å²) in [4.78, 5) is -0.196. The number of hydrogen-bond donors (Lipinski definition) is 2. The van der Waals surface area contributed by atoms with Gasteiger partial charge in [-0.25, -0.2) is 17.5 Å². The van der Waals surface area contributed by atoms with Crippen LogP contribution in [0, 0.1) is 5.82 Å². The second kappa shape index (κ2) is 6.52. The first-order valence-electron chi connectivity index (χ1n) is 5.95. The van der Waals surface area contributed by atoms with Crippen LogP contribution in [0.25, 0.3) is 0 Å². The molecule has 0 spiro atoms. The molecule has 2 rings (SSSR count). The lowest BCUT2D eigenvalue weighted by molar-refractivity contribution is 0.411. The van der Waals surface area contributed by atoms with Crippen molar-refractivity contribution in [2.45, 2.75) is 18.0 Å². The monoisotopic (exact) mass is 333 g/mol. The van der Waals surface area contributed by atoms with Gasteiger partial charge in [-0.2, -0.15) is 0 Å². The number of nitrogens with one attached hydrogen (secondary N) is 2. The molecule has 0 atom stereocenters. The minimum absolute atomic E-state index is 0.0512. The summed E-state index contributed by atoms with van der Waals surface area (Å²) in [7, 11) is -2.22. The van der Waals surface area contributed by atoms with E-state index in [0.29, 0.717) is 11.3 Å². The average molecular weight is 334 g/mol. The van der Waals surface area contributed by atoms with E-state index in [-0.39, 0.29) is 23.0 Å². The summed E-state index contributed by atoms with van der Waals surface area (Å²) in [6.45, 7) is 0.201. The molecule has 1 aromatic heterocycles. The number of nitrogens with zero attached hydrogens (tertiary/aromatic N) is 1. The van der Waals surface area contributed by atoms with Crippen LogP contribution in [0.1, 0.15) is 11.3 Å². The molecular formula is C12H13ClFN3O3S. The van der Waals surface area contributed by atoms with E-state index in [4.69, 9.17) is 11.6 Å². The Kier molecular flexibility index (Phi) is 4.94. The normalized spacial score (nSPS) is 11.8. The van der Waals surface area contributed by atoms with Crippen LogP contribution >= 0.6 is 11.6 Å². The Morgan fingerprint density at radius 1 is 1.38 bits per heavy atom. The Hall–Kier alpha value is -1.48. The van der Waals surface area contributed by atoms with Gasteiger partial charge in [0.25, 0.3) is 0 Å². The first-order chi connectivity index (χ1) is 9.94. The van der Waals surface area contributed by atoms with E-state index in [0.717, 1.165) is 6.07 Å². The minimum atomic E-state index is -3.87. The molecule has 0 amide bonds. The quantitative estimate of drug-likeness (QED) is 0.840. The maximum Gasteiger partial charge on any atom is 0.241 e. The zero-order valence-corrected chi connectivity index (χ0v) is 12.6. The summed E-state index contributed by atoms with van der Waals surface area (Å²) in [6.07, 6.45) is 1.33.